The van der Waals surface area contributed by atoms with Gasteiger partial charge in [-0.05, 0) is 54.6 Å². The second kappa shape index (κ2) is 7.79. The van der Waals surface area contributed by atoms with Gasteiger partial charge in [0.2, 0.25) is 0 Å². The van der Waals surface area contributed by atoms with Gasteiger partial charge in [-0.2, -0.15) is 4.99 Å². The molecule has 2 aromatic rings. The van der Waals surface area contributed by atoms with E-state index in [1.54, 1.807) is 0 Å². The van der Waals surface area contributed by atoms with Crippen LogP contribution in [-0.4, -0.2) is 42.2 Å². The molecule has 6 heteroatoms. The van der Waals surface area contributed by atoms with Crippen LogP contribution in [0, 0.1) is 6.92 Å². The van der Waals surface area contributed by atoms with Crippen LogP contribution in [0.4, 0.5) is 5.69 Å². The fourth-order valence-electron chi connectivity index (χ4n) is 3.16. The summed E-state index contributed by atoms with van der Waals surface area (Å²) in [6.07, 6.45) is 1.88. The van der Waals surface area contributed by atoms with Crippen LogP contribution >= 0.6 is 23.4 Å². The summed E-state index contributed by atoms with van der Waals surface area (Å²) in [5.41, 5.74) is 3.48. The SMILES string of the molecule is Cc1ccc(N2CCN(C3=NC(=O)/C(=C\c4ccc(Cl)cc4)S3)CC2)cc1. The van der Waals surface area contributed by atoms with E-state index in [4.69, 9.17) is 11.6 Å². The zero-order valence-electron chi connectivity index (χ0n) is 15.1. The number of rotatable bonds is 2. The molecular weight excluding hydrogens is 378 g/mol. The molecule has 27 heavy (non-hydrogen) atoms. The van der Waals surface area contributed by atoms with E-state index >= 15 is 0 Å². The molecule has 2 aliphatic heterocycles. The molecule has 1 amide bonds. The molecule has 2 heterocycles. The molecule has 0 aliphatic carbocycles. The van der Waals surface area contributed by atoms with Gasteiger partial charge in [-0.1, -0.05) is 41.4 Å². The lowest BCUT2D eigenvalue weighted by molar-refractivity contribution is -0.113. The summed E-state index contributed by atoms with van der Waals surface area (Å²) in [5, 5.41) is 1.50. The number of thioether (sulfide) groups is 1. The molecule has 1 saturated heterocycles. The van der Waals surface area contributed by atoms with Crippen LogP contribution in [0.15, 0.2) is 58.4 Å². The minimum atomic E-state index is -0.161. The highest BCUT2D eigenvalue weighted by Gasteiger charge is 2.28. The van der Waals surface area contributed by atoms with Crippen LogP contribution < -0.4 is 4.90 Å². The second-order valence-corrected chi connectivity index (χ2v) is 8.12. The molecule has 1 fully saturated rings. The van der Waals surface area contributed by atoms with Crippen molar-refractivity contribution in [1.29, 1.82) is 0 Å². The van der Waals surface area contributed by atoms with Crippen LogP contribution in [-0.2, 0) is 4.79 Å². The molecule has 4 nitrogen and oxygen atoms in total. The molecule has 4 rings (SSSR count). The molecule has 0 spiro atoms. The number of carbonyl (C=O) groups excluding carboxylic acids is 1. The summed E-state index contributed by atoms with van der Waals surface area (Å²) in [7, 11) is 0. The van der Waals surface area contributed by atoms with Crippen LogP contribution in [0.25, 0.3) is 6.08 Å². The van der Waals surface area contributed by atoms with E-state index in [1.165, 1.54) is 23.0 Å². The van der Waals surface area contributed by atoms with E-state index in [9.17, 15) is 4.79 Å². The fourth-order valence-corrected chi connectivity index (χ4v) is 4.25. The lowest BCUT2D eigenvalue weighted by Crippen LogP contribution is -2.47. The summed E-state index contributed by atoms with van der Waals surface area (Å²) in [4.78, 5) is 21.8. The maximum atomic E-state index is 12.3. The van der Waals surface area contributed by atoms with Crippen molar-refractivity contribution >= 4 is 46.2 Å². The summed E-state index contributed by atoms with van der Waals surface area (Å²) >= 11 is 7.38. The molecule has 2 aliphatic rings. The number of anilines is 1. The van der Waals surface area contributed by atoms with E-state index in [0.29, 0.717) is 9.93 Å². The minimum absolute atomic E-state index is 0.161. The Morgan fingerprint density at radius 2 is 1.59 bits per heavy atom. The van der Waals surface area contributed by atoms with Gasteiger partial charge in [-0.25, -0.2) is 0 Å². The summed E-state index contributed by atoms with van der Waals surface area (Å²) < 4.78 is 0. The third-order valence-electron chi connectivity index (χ3n) is 4.73. The summed E-state index contributed by atoms with van der Waals surface area (Å²) in [6.45, 7) is 5.67. The topological polar surface area (TPSA) is 35.9 Å². The van der Waals surface area contributed by atoms with E-state index < -0.39 is 0 Å². The van der Waals surface area contributed by atoms with Gasteiger partial charge in [0.15, 0.2) is 5.17 Å². The first-order chi connectivity index (χ1) is 13.1. The lowest BCUT2D eigenvalue weighted by atomic mass is 10.2. The van der Waals surface area contributed by atoms with Gasteiger partial charge in [0.25, 0.3) is 5.91 Å². The zero-order valence-corrected chi connectivity index (χ0v) is 16.6. The Bertz CT molecular complexity index is 898. The maximum Gasteiger partial charge on any atom is 0.286 e. The van der Waals surface area contributed by atoms with Crippen molar-refractivity contribution in [2.24, 2.45) is 4.99 Å². The Morgan fingerprint density at radius 3 is 2.26 bits per heavy atom. The number of amidine groups is 1. The number of aliphatic imine (C=N–C) groups is 1. The van der Waals surface area contributed by atoms with Crippen LogP contribution in [0.3, 0.4) is 0 Å². The zero-order chi connectivity index (χ0) is 18.8. The fraction of sp³-hybridized carbons (Fsp3) is 0.238. The first-order valence-corrected chi connectivity index (χ1v) is 10.1. The van der Waals surface area contributed by atoms with Gasteiger partial charge < -0.3 is 9.80 Å². The number of aryl methyl sites for hydroxylation is 1. The smallest absolute Gasteiger partial charge is 0.286 e. The predicted octanol–water partition coefficient (Wildman–Crippen LogP) is 4.44. The molecule has 0 radical (unpaired) electrons. The van der Waals surface area contributed by atoms with E-state index in [2.05, 4.69) is 46.0 Å². The molecule has 0 aromatic heterocycles. The molecule has 0 N–H and O–H groups in total. The highest BCUT2D eigenvalue weighted by molar-refractivity contribution is 8.18. The Kier molecular flexibility index (Phi) is 5.23. The minimum Gasteiger partial charge on any atom is -0.368 e. The third kappa shape index (κ3) is 4.20. The standard InChI is InChI=1S/C21H20ClN3OS/c1-15-2-8-18(9-3-15)24-10-12-25(13-11-24)21-23-20(26)19(27-21)14-16-4-6-17(22)7-5-16/h2-9,14H,10-13H2,1H3/b19-14+. The van der Waals surface area contributed by atoms with Crippen molar-refractivity contribution in [2.75, 3.05) is 31.1 Å². The van der Waals surface area contributed by atoms with Gasteiger partial charge in [-0.15, -0.1) is 0 Å². The normalized spacial score (nSPS) is 19.0. The average Bonchev–Trinajstić information content (AvgIpc) is 3.05. The van der Waals surface area contributed by atoms with Crippen molar-refractivity contribution in [2.45, 2.75) is 6.92 Å². The maximum absolute atomic E-state index is 12.3. The lowest BCUT2D eigenvalue weighted by Gasteiger charge is -2.36. The van der Waals surface area contributed by atoms with Crippen LogP contribution in [0.5, 0.6) is 0 Å². The molecule has 0 unspecified atom stereocenters. The quantitative estimate of drug-likeness (QED) is 0.702. The number of amides is 1. The number of carbonyl (C=O) groups is 1. The van der Waals surface area contributed by atoms with Gasteiger partial charge in [0.05, 0.1) is 4.91 Å². The first kappa shape index (κ1) is 18.1. The van der Waals surface area contributed by atoms with Crippen molar-refractivity contribution in [3.8, 4) is 0 Å². The van der Waals surface area contributed by atoms with Crippen molar-refractivity contribution in [3.63, 3.8) is 0 Å². The molecule has 138 valence electrons. The van der Waals surface area contributed by atoms with Crippen LogP contribution in [0.1, 0.15) is 11.1 Å². The molecule has 0 atom stereocenters. The highest BCUT2D eigenvalue weighted by Crippen LogP contribution is 2.31. The predicted molar refractivity (Wildman–Crippen MR) is 114 cm³/mol. The summed E-state index contributed by atoms with van der Waals surface area (Å²) in [6, 6.07) is 16.1. The summed E-state index contributed by atoms with van der Waals surface area (Å²) in [5.74, 6) is -0.161. The second-order valence-electron chi connectivity index (χ2n) is 6.67. The number of hydrogen-bond donors (Lipinski definition) is 0. The molecule has 0 saturated carbocycles. The number of piperazine rings is 1. The number of benzene rings is 2. The highest BCUT2D eigenvalue weighted by atomic mass is 35.5. The van der Waals surface area contributed by atoms with Crippen LogP contribution in [0.2, 0.25) is 5.02 Å². The van der Waals surface area contributed by atoms with E-state index in [1.807, 2.05) is 30.3 Å². The Balaban J connectivity index is 1.39. The van der Waals surface area contributed by atoms with Gasteiger partial charge in [0, 0.05) is 36.9 Å². The first-order valence-electron chi connectivity index (χ1n) is 8.93. The van der Waals surface area contributed by atoms with Crippen molar-refractivity contribution < 1.29 is 4.79 Å². The number of hydrogen-bond acceptors (Lipinski definition) is 4. The van der Waals surface area contributed by atoms with Crippen molar-refractivity contribution in [3.05, 3.63) is 69.6 Å². The van der Waals surface area contributed by atoms with Crippen molar-refractivity contribution in [1.82, 2.24) is 4.90 Å². The number of halogens is 1. The molecule has 0 bridgehead atoms. The Hall–Kier alpha value is -2.24. The van der Waals surface area contributed by atoms with Gasteiger partial charge in [0.1, 0.15) is 0 Å². The Labute approximate surface area is 168 Å². The monoisotopic (exact) mass is 397 g/mol. The molecule has 2 aromatic carbocycles. The third-order valence-corrected chi connectivity index (χ3v) is 6.02. The molecular formula is C21H20ClN3OS. The Morgan fingerprint density at radius 1 is 0.963 bits per heavy atom. The van der Waals surface area contributed by atoms with E-state index in [-0.39, 0.29) is 5.91 Å². The average molecular weight is 398 g/mol. The van der Waals surface area contributed by atoms with Gasteiger partial charge in [-0.3, -0.25) is 4.79 Å². The largest absolute Gasteiger partial charge is 0.368 e. The number of nitrogens with zero attached hydrogens (tertiary/aromatic N) is 3. The van der Waals surface area contributed by atoms with E-state index in [0.717, 1.165) is 36.9 Å². The van der Waals surface area contributed by atoms with Gasteiger partial charge >= 0.3 is 0 Å².